The molecule has 25 heavy (non-hydrogen) atoms. The molecule has 5 nitrogen and oxygen atoms in total. The molecule has 2 aliphatic heterocycles. The second kappa shape index (κ2) is 7.52. The Morgan fingerprint density at radius 3 is 2.72 bits per heavy atom. The number of carbonyl (C=O) groups excluding carboxylic acids is 1. The summed E-state index contributed by atoms with van der Waals surface area (Å²) in [5, 5.41) is 0.963. The Kier molecular flexibility index (Phi) is 4.97. The van der Waals surface area contributed by atoms with Gasteiger partial charge in [0, 0.05) is 44.1 Å². The van der Waals surface area contributed by atoms with Gasteiger partial charge in [-0.05, 0) is 31.2 Å². The van der Waals surface area contributed by atoms with E-state index in [0.29, 0.717) is 5.91 Å². The molecule has 0 N–H and O–H groups in total. The van der Waals surface area contributed by atoms with Crippen molar-refractivity contribution >= 4 is 22.6 Å². The van der Waals surface area contributed by atoms with Crippen molar-refractivity contribution < 1.29 is 4.79 Å². The molecular formula is C19H24N4OS. The molecule has 0 bridgehead atoms. The molecule has 1 amide bonds. The van der Waals surface area contributed by atoms with Gasteiger partial charge in [0.2, 0.25) is 11.0 Å². The summed E-state index contributed by atoms with van der Waals surface area (Å²) < 4.78 is 4.53. The Labute approximate surface area is 152 Å². The van der Waals surface area contributed by atoms with Crippen molar-refractivity contribution in [2.24, 2.45) is 5.92 Å². The number of amides is 1. The molecule has 1 aromatic carbocycles. The Morgan fingerprint density at radius 2 is 1.92 bits per heavy atom. The van der Waals surface area contributed by atoms with Gasteiger partial charge in [0.15, 0.2) is 0 Å². The van der Waals surface area contributed by atoms with Crippen LogP contribution >= 0.6 is 11.5 Å². The maximum Gasteiger partial charge on any atom is 0.227 e. The van der Waals surface area contributed by atoms with Crippen LogP contribution in [0.2, 0.25) is 0 Å². The first-order chi connectivity index (χ1) is 12.3. The summed E-state index contributed by atoms with van der Waals surface area (Å²) in [6, 6.07) is 10.3. The van der Waals surface area contributed by atoms with Gasteiger partial charge in [0.25, 0.3) is 0 Å². The maximum absolute atomic E-state index is 12.7. The van der Waals surface area contributed by atoms with Crippen LogP contribution in [-0.2, 0) is 11.2 Å². The number of benzene rings is 1. The largest absolute Gasteiger partial charge is 0.346 e. The number of rotatable bonds is 4. The molecule has 2 aromatic rings. The van der Waals surface area contributed by atoms with Gasteiger partial charge in [0.05, 0.1) is 5.92 Å². The number of hydrogen-bond acceptors (Lipinski definition) is 5. The van der Waals surface area contributed by atoms with Crippen LogP contribution in [-0.4, -0.2) is 46.3 Å². The van der Waals surface area contributed by atoms with Crippen molar-refractivity contribution in [3.63, 3.8) is 0 Å². The van der Waals surface area contributed by atoms with Crippen LogP contribution in [0.15, 0.2) is 30.3 Å². The summed E-state index contributed by atoms with van der Waals surface area (Å²) in [5.74, 6) is 1.34. The topological polar surface area (TPSA) is 49.3 Å². The Morgan fingerprint density at radius 1 is 1.12 bits per heavy atom. The smallest absolute Gasteiger partial charge is 0.227 e. The van der Waals surface area contributed by atoms with E-state index < -0.39 is 0 Å². The van der Waals surface area contributed by atoms with Crippen molar-refractivity contribution in [2.45, 2.75) is 32.1 Å². The van der Waals surface area contributed by atoms with Gasteiger partial charge in [-0.2, -0.15) is 4.37 Å². The maximum atomic E-state index is 12.7. The lowest BCUT2D eigenvalue weighted by Gasteiger charge is -2.33. The Bertz CT molecular complexity index is 711. The summed E-state index contributed by atoms with van der Waals surface area (Å²) in [6.07, 6.45) is 5.13. The fraction of sp³-hybridized carbons (Fsp3) is 0.526. The van der Waals surface area contributed by atoms with Gasteiger partial charge >= 0.3 is 0 Å². The molecule has 0 radical (unpaired) electrons. The van der Waals surface area contributed by atoms with Crippen LogP contribution in [0.3, 0.4) is 0 Å². The molecule has 6 heteroatoms. The van der Waals surface area contributed by atoms with Gasteiger partial charge in [-0.25, -0.2) is 4.98 Å². The number of nitrogens with zero attached hydrogens (tertiary/aromatic N) is 4. The Hall–Kier alpha value is -1.95. The van der Waals surface area contributed by atoms with Crippen LogP contribution < -0.4 is 4.90 Å². The first-order valence-electron chi connectivity index (χ1n) is 9.20. The second-order valence-corrected chi connectivity index (χ2v) is 7.70. The van der Waals surface area contributed by atoms with Crippen molar-refractivity contribution in [1.82, 2.24) is 14.3 Å². The van der Waals surface area contributed by atoms with E-state index in [1.807, 2.05) is 18.2 Å². The van der Waals surface area contributed by atoms with E-state index in [1.165, 1.54) is 17.1 Å². The number of piperidine rings is 1. The average Bonchev–Trinajstić information content (AvgIpc) is 3.34. The molecule has 0 saturated carbocycles. The highest BCUT2D eigenvalue weighted by atomic mass is 32.1. The van der Waals surface area contributed by atoms with Crippen LogP contribution in [0, 0.1) is 5.92 Å². The van der Waals surface area contributed by atoms with Gasteiger partial charge in [-0.15, -0.1) is 0 Å². The summed E-state index contributed by atoms with van der Waals surface area (Å²) >= 11 is 1.46. The molecule has 0 aliphatic carbocycles. The zero-order valence-electron chi connectivity index (χ0n) is 14.4. The predicted molar refractivity (Wildman–Crippen MR) is 99.9 cm³/mol. The third kappa shape index (κ3) is 3.84. The van der Waals surface area contributed by atoms with E-state index in [9.17, 15) is 4.79 Å². The second-order valence-electron chi connectivity index (χ2n) is 6.97. The first kappa shape index (κ1) is 16.5. The number of anilines is 1. The molecule has 4 rings (SSSR count). The van der Waals surface area contributed by atoms with Crippen molar-refractivity contribution in [3.8, 4) is 0 Å². The molecule has 1 unspecified atom stereocenters. The van der Waals surface area contributed by atoms with Gasteiger partial charge < -0.3 is 9.80 Å². The van der Waals surface area contributed by atoms with Crippen LogP contribution in [0.5, 0.6) is 0 Å². The summed E-state index contributed by atoms with van der Waals surface area (Å²) in [6.45, 7) is 3.64. The minimum atomic E-state index is 0.119. The molecule has 2 saturated heterocycles. The summed E-state index contributed by atoms with van der Waals surface area (Å²) in [5.41, 5.74) is 1.23. The number of carbonyl (C=O) groups is 1. The van der Waals surface area contributed by atoms with Crippen molar-refractivity contribution in [2.75, 3.05) is 31.1 Å². The molecule has 1 aromatic heterocycles. The van der Waals surface area contributed by atoms with E-state index in [0.717, 1.165) is 69.2 Å². The van der Waals surface area contributed by atoms with E-state index in [1.54, 1.807) is 0 Å². The predicted octanol–water partition coefficient (Wildman–Crippen LogP) is 2.97. The molecule has 0 spiro atoms. The van der Waals surface area contributed by atoms with E-state index in [4.69, 9.17) is 4.98 Å². The van der Waals surface area contributed by atoms with Gasteiger partial charge in [0.1, 0.15) is 5.82 Å². The quantitative estimate of drug-likeness (QED) is 0.845. The fourth-order valence-electron chi connectivity index (χ4n) is 3.77. The molecular weight excluding hydrogens is 332 g/mol. The molecule has 3 heterocycles. The van der Waals surface area contributed by atoms with E-state index >= 15 is 0 Å². The lowest BCUT2D eigenvalue weighted by molar-refractivity contribution is -0.134. The van der Waals surface area contributed by atoms with Crippen molar-refractivity contribution in [1.29, 1.82) is 0 Å². The highest BCUT2D eigenvalue weighted by Crippen LogP contribution is 2.27. The minimum Gasteiger partial charge on any atom is -0.346 e. The SMILES string of the molecule is O=C(C1CCCN(c2nc(Cc3ccccc3)ns2)C1)N1CCCC1. The van der Waals surface area contributed by atoms with Crippen LogP contribution in [0.25, 0.3) is 0 Å². The van der Waals surface area contributed by atoms with E-state index in [-0.39, 0.29) is 5.92 Å². The van der Waals surface area contributed by atoms with E-state index in [2.05, 4.69) is 26.3 Å². The summed E-state index contributed by atoms with van der Waals surface area (Å²) in [4.78, 5) is 21.7. The van der Waals surface area contributed by atoms with Gasteiger partial charge in [-0.1, -0.05) is 30.3 Å². The standard InChI is InChI=1S/C19H24N4OS/c24-18(22-10-4-5-11-22)16-9-6-12-23(14-16)19-20-17(21-25-19)13-15-7-2-1-3-8-15/h1-3,7-8,16H,4-6,9-14H2. The lowest BCUT2D eigenvalue weighted by atomic mass is 9.97. The third-order valence-electron chi connectivity index (χ3n) is 5.12. The third-order valence-corrected chi connectivity index (χ3v) is 5.94. The molecule has 1 atom stereocenters. The fourth-order valence-corrected chi connectivity index (χ4v) is 4.49. The first-order valence-corrected chi connectivity index (χ1v) is 9.97. The van der Waals surface area contributed by atoms with Gasteiger partial charge in [-0.3, -0.25) is 4.79 Å². The number of likely N-dealkylation sites (tertiary alicyclic amines) is 1. The average molecular weight is 356 g/mol. The zero-order valence-corrected chi connectivity index (χ0v) is 15.2. The Balaban J connectivity index is 1.40. The zero-order chi connectivity index (χ0) is 17.1. The normalized spacial score (nSPS) is 20.9. The molecule has 2 aliphatic rings. The summed E-state index contributed by atoms with van der Waals surface area (Å²) in [7, 11) is 0. The number of hydrogen-bond donors (Lipinski definition) is 0. The highest BCUT2D eigenvalue weighted by Gasteiger charge is 2.31. The highest BCUT2D eigenvalue weighted by molar-refractivity contribution is 7.09. The van der Waals surface area contributed by atoms with Crippen LogP contribution in [0.4, 0.5) is 5.13 Å². The minimum absolute atomic E-state index is 0.119. The van der Waals surface area contributed by atoms with Crippen LogP contribution in [0.1, 0.15) is 37.1 Å². The molecule has 2 fully saturated rings. The lowest BCUT2D eigenvalue weighted by Crippen LogP contribution is -2.44. The molecule has 132 valence electrons. The number of aromatic nitrogens is 2. The van der Waals surface area contributed by atoms with Crippen molar-refractivity contribution in [3.05, 3.63) is 41.7 Å². The monoisotopic (exact) mass is 356 g/mol.